The molecule has 2 amide bonds. The van der Waals surface area contributed by atoms with Crippen LogP contribution in [0.1, 0.15) is 46.9 Å². The lowest BCUT2D eigenvalue weighted by atomic mass is 10.0. The van der Waals surface area contributed by atoms with Gasteiger partial charge in [-0.25, -0.2) is 4.98 Å². The molecular formula is C33H41N7O3. The molecule has 0 spiro atoms. The van der Waals surface area contributed by atoms with E-state index in [1.165, 1.54) is 0 Å². The first kappa shape index (κ1) is 28.9. The lowest BCUT2D eigenvalue weighted by Crippen LogP contribution is -2.46. The Morgan fingerprint density at radius 2 is 1.70 bits per heavy atom. The summed E-state index contributed by atoms with van der Waals surface area (Å²) in [5.41, 5.74) is 4.36. The Bertz CT molecular complexity index is 1500. The SMILES string of the molecule is CCOc1cc(C(=O)N2CCC(NC3CCN(C)CC3)C2)ccc1Nc1cc2c(cn1)N(C)C(=O)c1ccccc1N2C. The quantitative estimate of drug-likeness (QED) is 0.421. The molecule has 2 aromatic carbocycles. The number of piperidine rings is 1. The summed E-state index contributed by atoms with van der Waals surface area (Å²) >= 11 is 0. The Morgan fingerprint density at radius 3 is 2.49 bits per heavy atom. The molecule has 2 N–H and O–H groups in total. The van der Waals surface area contributed by atoms with Gasteiger partial charge in [-0.2, -0.15) is 0 Å². The standard InChI is InChI=1S/C33H41N7O3/c1-5-43-30-18-22(32(41)40-17-14-24(21-40)35-23-12-15-37(2)16-13-23)10-11-26(30)36-31-19-28-29(20-34-31)39(4)33(42)25-8-6-7-9-27(25)38(28)3/h6-11,18-20,23-24,35H,5,12-17,21H2,1-4H3,(H,34,36). The molecule has 0 bridgehead atoms. The predicted octanol–water partition coefficient (Wildman–Crippen LogP) is 4.48. The van der Waals surface area contributed by atoms with Crippen LogP contribution in [0.3, 0.4) is 0 Å². The second-order valence-electron chi connectivity index (χ2n) is 11.7. The van der Waals surface area contributed by atoms with Gasteiger partial charge in [-0.05, 0) is 76.7 Å². The number of carbonyl (C=O) groups is 2. The van der Waals surface area contributed by atoms with Gasteiger partial charge in [-0.1, -0.05) is 12.1 Å². The summed E-state index contributed by atoms with van der Waals surface area (Å²) < 4.78 is 5.98. The van der Waals surface area contributed by atoms with Crippen LogP contribution in [0.2, 0.25) is 0 Å². The molecule has 3 aliphatic heterocycles. The van der Waals surface area contributed by atoms with Crippen LogP contribution in [0.15, 0.2) is 54.7 Å². The minimum absolute atomic E-state index is 0.0244. The zero-order chi connectivity index (χ0) is 30.1. The third-order valence-corrected chi connectivity index (χ3v) is 8.84. The first-order chi connectivity index (χ1) is 20.8. The van der Waals surface area contributed by atoms with E-state index < -0.39 is 0 Å². The number of ether oxygens (including phenoxy) is 1. The molecule has 2 saturated heterocycles. The van der Waals surface area contributed by atoms with Gasteiger partial charge >= 0.3 is 0 Å². The predicted molar refractivity (Wildman–Crippen MR) is 170 cm³/mol. The van der Waals surface area contributed by atoms with Crippen LogP contribution < -0.4 is 25.2 Å². The van der Waals surface area contributed by atoms with Gasteiger partial charge < -0.3 is 35.0 Å². The van der Waals surface area contributed by atoms with E-state index in [1.54, 1.807) is 18.1 Å². The number of aromatic nitrogens is 1. The molecule has 2 fully saturated rings. The van der Waals surface area contributed by atoms with Crippen molar-refractivity contribution in [2.24, 2.45) is 0 Å². The number of anilines is 5. The Balaban J connectivity index is 1.18. The number of nitrogens with one attached hydrogen (secondary N) is 2. The molecule has 3 aliphatic rings. The van der Waals surface area contributed by atoms with Gasteiger partial charge in [-0.15, -0.1) is 0 Å². The molecule has 10 heteroatoms. The molecule has 226 valence electrons. The van der Waals surface area contributed by atoms with Crippen molar-refractivity contribution in [3.05, 3.63) is 65.9 Å². The fraction of sp³-hybridized carbons (Fsp3) is 0.424. The van der Waals surface area contributed by atoms with Gasteiger partial charge in [0.2, 0.25) is 0 Å². The minimum atomic E-state index is -0.0791. The van der Waals surface area contributed by atoms with E-state index in [4.69, 9.17) is 4.74 Å². The van der Waals surface area contributed by atoms with Crippen LogP contribution in [0.5, 0.6) is 5.75 Å². The van der Waals surface area contributed by atoms with Crippen molar-refractivity contribution in [2.45, 2.75) is 38.3 Å². The second-order valence-corrected chi connectivity index (χ2v) is 11.7. The first-order valence-corrected chi connectivity index (χ1v) is 15.2. The van der Waals surface area contributed by atoms with Crippen LogP contribution in [0.4, 0.5) is 28.6 Å². The van der Waals surface area contributed by atoms with E-state index in [-0.39, 0.29) is 11.8 Å². The monoisotopic (exact) mass is 583 g/mol. The fourth-order valence-electron chi connectivity index (χ4n) is 6.34. The van der Waals surface area contributed by atoms with Crippen molar-refractivity contribution >= 4 is 40.4 Å². The highest BCUT2D eigenvalue weighted by Gasteiger charge is 2.30. The van der Waals surface area contributed by atoms with Gasteiger partial charge in [-0.3, -0.25) is 9.59 Å². The van der Waals surface area contributed by atoms with E-state index in [0.29, 0.717) is 41.4 Å². The van der Waals surface area contributed by atoms with E-state index in [0.717, 1.165) is 68.2 Å². The van der Waals surface area contributed by atoms with Crippen LogP contribution in [0.25, 0.3) is 0 Å². The molecule has 0 aliphatic carbocycles. The topological polar surface area (TPSA) is 93.3 Å². The highest BCUT2D eigenvalue weighted by atomic mass is 16.5. The number of likely N-dealkylation sites (tertiary alicyclic amines) is 2. The van der Waals surface area contributed by atoms with Crippen LogP contribution in [-0.4, -0.2) is 92.6 Å². The summed E-state index contributed by atoms with van der Waals surface area (Å²) in [7, 11) is 5.89. The van der Waals surface area contributed by atoms with Gasteiger partial charge in [0.1, 0.15) is 11.6 Å². The van der Waals surface area contributed by atoms with Crippen molar-refractivity contribution in [3.8, 4) is 5.75 Å². The lowest BCUT2D eigenvalue weighted by Gasteiger charge is -2.31. The number of para-hydroxylation sites is 1. The Hall–Kier alpha value is -4.15. The van der Waals surface area contributed by atoms with Crippen molar-refractivity contribution in [3.63, 3.8) is 0 Å². The Morgan fingerprint density at radius 1 is 0.930 bits per heavy atom. The average Bonchev–Trinajstić information content (AvgIpc) is 3.47. The van der Waals surface area contributed by atoms with Gasteiger partial charge in [0, 0.05) is 50.9 Å². The van der Waals surface area contributed by atoms with E-state index in [9.17, 15) is 9.59 Å². The first-order valence-electron chi connectivity index (χ1n) is 15.2. The van der Waals surface area contributed by atoms with Crippen molar-refractivity contribution in [1.82, 2.24) is 20.1 Å². The van der Waals surface area contributed by atoms with E-state index in [2.05, 4.69) is 27.6 Å². The molecule has 1 unspecified atom stereocenters. The number of carbonyl (C=O) groups excluding carboxylic acids is 2. The third kappa shape index (κ3) is 5.89. The number of amides is 2. The highest BCUT2D eigenvalue weighted by molar-refractivity contribution is 6.13. The van der Waals surface area contributed by atoms with Crippen molar-refractivity contribution < 1.29 is 14.3 Å². The fourth-order valence-corrected chi connectivity index (χ4v) is 6.34. The molecule has 10 nitrogen and oxygen atoms in total. The zero-order valence-corrected chi connectivity index (χ0v) is 25.5. The van der Waals surface area contributed by atoms with E-state index >= 15 is 0 Å². The molecule has 1 atom stereocenters. The number of pyridine rings is 1. The summed E-state index contributed by atoms with van der Waals surface area (Å²) in [6.45, 7) is 6.11. The second kappa shape index (κ2) is 12.2. The number of rotatable bonds is 7. The van der Waals surface area contributed by atoms with Crippen LogP contribution in [-0.2, 0) is 0 Å². The van der Waals surface area contributed by atoms with Gasteiger partial charge in [0.15, 0.2) is 0 Å². The molecule has 4 heterocycles. The summed E-state index contributed by atoms with van der Waals surface area (Å²) in [6, 6.07) is 15.9. The average molecular weight is 584 g/mol. The van der Waals surface area contributed by atoms with Crippen molar-refractivity contribution in [1.29, 1.82) is 0 Å². The molecule has 43 heavy (non-hydrogen) atoms. The number of hydrogen-bond acceptors (Lipinski definition) is 8. The van der Waals surface area contributed by atoms with E-state index in [1.807, 2.05) is 72.3 Å². The summed E-state index contributed by atoms with van der Waals surface area (Å²) in [5.74, 6) is 1.14. The normalized spacial score (nSPS) is 19.2. The zero-order valence-electron chi connectivity index (χ0n) is 25.5. The largest absolute Gasteiger partial charge is 0.492 e. The molecule has 0 radical (unpaired) electrons. The minimum Gasteiger partial charge on any atom is -0.492 e. The third-order valence-electron chi connectivity index (χ3n) is 8.84. The van der Waals surface area contributed by atoms with Gasteiger partial charge in [0.05, 0.1) is 41.1 Å². The number of benzene rings is 2. The summed E-state index contributed by atoms with van der Waals surface area (Å²) in [6.07, 6.45) is 4.99. The van der Waals surface area contributed by atoms with Gasteiger partial charge in [0.25, 0.3) is 11.8 Å². The number of nitrogens with zero attached hydrogens (tertiary/aromatic N) is 5. The maximum absolute atomic E-state index is 13.5. The van der Waals surface area contributed by atoms with Crippen molar-refractivity contribution in [2.75, 3.05) is 69.0 Å². The molecule has 3 aromatic rings. The Kier molecular flexibility index (Phi) is 8.23. The van der Waals surface area contributed by atoms with Crippen LogP contribution >= 0.6 is 0 Å². The number of fused-ring (bicyclic) bond motifs is 2. The maximum Gasteiger partial charge on any atom is 0.260 e. The van der Waals surface area contributed by atoms with Crippen LogP contribution in [0, 0.1) is 0 Å². The maximum atomic E-state index is 13.5. The lowest BCUT2D eigenvalue weighted by molar-refractivity contribution is 0.0787. The highest BCUT2D eigenvalue weighted by Crippen LogP contribution is 2.40. The summed E-state index contributed by atoms with van der Waals surface area (Å²) in [5, 5.41) is 7.18. The molecular weight excluding hydrogens is 542 g/mol. The number of hydrogen-bond donors (Lipinski definition) is 2. The smallest absolute Gasteiger partial charge is 0.260 e. The molecule has 0 saturated carbocycles. The Labute approximate surface area is 253 Å². The molecule has 6 rings (SSSR count). The summed E-state index contributed by atoms with van der Waals surface area (Å²) in [4.78, 5) is 39.2. The molecule has 1 aromatic heterocycles.